The lowest BCUT2D eigenvalue weighted by Crippen LogP contribution is -2.49. The molecule has 1 aliphatic heterocycles. The average molecular weight is 472 g/mol. The highest BCUT2D eigenvalue weighted by Crippen LogP contribution is 2.29. The molecule has 10 nitrogen and oxygen atoms in total. The molecule has 0 atom stereocenters. The first-order chi connectivity index (χ1) is 16.4. The normalized spacial score (nSPS) is 13.4. The highest BCUT2D eigenvalue weighted by atomic mass is 16.6. The largest absolute Gasteiger partial charge is 0.490 e. The van der Waals surface area contributed by atoms with Gasteiger partial charge in [-0.1, -0.05) is 6.92 Å². The van der Waals surface area contributed by atoms with E-state index in [1.54, 1.807) is 35.2 Å². The summed E-state index contributed by atoms with van der Waals surface area (Å²) in [6, 6.07) is 11.1. The Morgan fingerprint density at radius 3 is 2.29 bits per heavy atom. The minimum atomic E-state index is -0.610. The van der Waals surface area contributed by atoms with Gasteiger partial charge in [-0.3, -0.25) is 14.9 Å². The van der Waals surface area contributed by atoms with E-state index in [-0.39, 0.29) is 23.8 Å². The molecule has 0 spiro atoms. The van der Waals surface area contributed by atoms with E-state index >= 15 is 0 Å². The average Bonchev–Trinajstić information content (AvgIpc) is 2.86. The molecule has 10 heteroatoms. The Labute approximate surface area is 198 Å². The first-order valence-corrected chi connectivity index (χ1v) is 11.3. The molecule has 1 amide bonds. The van der Waals surface area contributed by atoms with Crippen LogP contribution in [0.1, 0.15) is 30.6 Å². The zero-order valence-corrected chi connectivity index (χ0v) is 19.4. The minimum absolute atomic E-state index is 0.0379. The highest BCUT2D eigenvalue weighted by molar-refractivity contribution is 5.92. The third-order valence-corrected chi connectivity index (χ3v) is 5.33. The van der Waals surface area contributed by atoms with Gasteiger partial charge in [-0.05, 0) is 43.7 Å². The molecule has 2 aromatic carbocycles. The van der Waals surface area contributed by atoms with Crippen LogP contribution in [0.2, 0.25) is 0 Å². The number of hydrogen-bond donors (Lipinski definition) is 0. The number of nitro groups is 1. The number of piperazine rings is 1. The first-order valence-electron chi connectivity index (χ1n) is 11.3. The second kappa shape index (κ2) is 11.9. The van der Waals surface area contributed by atoms with Gasteiger partial charge in [0.05, 0.1) is 23.7 Å². The van der Waals surface area contributed by atoms with Gasteiger partial charge in [-0.25, -0.2) is 4.79 Å². The summed E-state index contributed by atoms with van der Waals surface area (Å²) >= 11 is 0. The van der Waals surface area contributed by atoms with Crippen molar-refractivity contribution in [2.75, 3.05) is 50.9 Å². The summed E-state index contributed by atoms with van der Waals surface area (Å²) in [4.78, 5) is 39.1. The van der Waals surface area contributed by atoms with Gasteiger partial charge in [0.1, 0.15) is 0 Å². The Morgan fingerprint density at radius 2 is 1.68 bits per heavy atom. The highest BCUT2D eigenvalue weighted by Gasteiger charge is 2.23. The molecule has 1 heterocycles. The van der Waals surface area contributed by atoms with E-state index in [1.165, 1.54) is 12.1 Å². The molecule has 3 rings (SSSR count). The van der Waals surface area contributed by atoms with Crippen LogP contribution in [-0.2, 0) is 9.53 Å². The van der Waals surface area contributed by atoms with Crippen molar-refractivity contribution in [2.24, 2.45) is 0 Å². The number of rotatable bonds is 10. The molecule has 2 aromatic rings. The molecule has 0 radical (unpaired) electrons. The Kier molecular flexibility index (Phi) is 8.66. The predicted octanol–water partition coefficient (Wildman–Crippen LogP) is 3.29. The van der Waals surface area contributed by atoms with Crippen molar-refractivity contribution >= 4 is 23.3 Å². The summed E-state index contributed by atoms with van der Waals surface area (Å²) in [7, 11) is 0. The fourth-order valence-corrected chi connectivity index (χ4v) is 3.54. The maximum Gasteiger partial charge on any atom is 0.338 e. The van der Waals surface area contributed by atoms with Crippen LogP contribution in [0.4, 0.5) is 11.4 Å². The number of non-ortho nitro benzene ring substituents is 1. The summed E-state index contributed by atoms with van der Waals surface area (Å²) in [6.07, 6.45) is 0.847. The summed E-state index contributed by atoms with van der Waals surface area (Å²) in [5.41, 5.74) is 1.18. The number of ether oxygens (including phenoxy) is 3. The molecule has 1 fully saturated rings. The number of hydrogen-bond acceptors (Lipinski definition) is 8. The van der Waals surface area contributed by atoms with Crippen molar-refractivity contribution in [1.82, 2.24) is 4.90 Å². The SMILES string of the molecule is CCCOc1ccc(C(=O)OCC(=O)N2CCN(c3ccc([N+](=O)[O-])cc3)CC2)cc1OCC. The van der Waals surface area contributed by atoms with Crippen LogP contribution in [0, 0.1) is 10.1 Å². The minimum Gasteiger partial charge on any atom is -0.490 e. The Morgan fingerprint density at radius 1 is 0.971 bits per heavy atom. The molecule has 1 aliphatic rings. The monoisotopic (exact) mass is 471 g/mol. The van der Waals surface area contributed by atoms with Crippen molar-refractivity contribution in [3.05, 3.63) is 58.1 Å². The fourth-order valence-electron chi connectivity index (χ4n) is 3.54. The third-order valence-electron chi connectivity index (χ3n) is 5.33. The lowest BCUT2D eigenvalue weighted by Gasteiger charge is -2.36. The molecular weight excluding hydrogens is 442 g/mol. The molecule has 0 N–H and O–H groups in total. The van der Waals surface area contributed by atoms with Gasteiger partial charge >= 0.3 is 5.97 Å². The summed E-state index contributed by atoms with van der Waals surface area (Å²) < 4.78 is 16.4. The fraction of sp³-hybridized carbons (Fsp3) is 0.417. The quantitative estimate of drug-likeness (QED) is 0.295. The van der Waals surface area contributed by atoms with Crippen molar-refractivity contribution in [1.29, 1.82) is 0 Å². The topological polar surface area (TPSA) is 111 Å². The number of nitrogens with zero attached hydrogens (tertiary/aromatic N) is 3. The van der Waals surface area contributed by atoms with Crippen molar-refractivity contribution < 1.29 is 28.7 Å². The molecule has 0 unspecified atom stereocenters. The van der Waals surface area contributed by atoms with Crippen LogP contribution >= 0.6 is 0 Å². The van der Waals surface area contributed by atoms with E-state index in [0.29, 0.717) is 50.9 Å². The number of amides is 1. The van der Waals surface area contributed by atoms with Gasteiger partial charge in [0, 0.05) is 44.0 Å². The maximum atomic E-state index is 12.5. The van der Waals surface area contributed by atoms with E-state index in [4.69, 9.17) is 14.2 Å². The molecule has 34 heavy (non-hydrogen) atoms. The number of nitro benzene ring substituents is 1. The number of anilines is 1. The Balaban J connectivity index is 1.50. The summed E-state index contributed by atoms with van der Waals surface area (Å²) in [5.74, 6) is 0.131. The van der Waals surface area contributed by atoms with Gasteiger partial charge in [0.25, 0.3) is 11.6 Å². The van der Waals surface area contributed by atoms with E-state index in [0.717, 1.165) is 12.1 Å². The van der Waals surface area contributed by atoms with Gasteiger partial charge < -0.3 is 24.0 Å². The molecule has 0 bridgehead atoms. The van der Waals surface area contributed by atoms with Gasteiger partial charge in [0.15, 0.2) is 18.1 Å². The molecule has 0 saturated carbocycles. The second-order valence-electron chi connectivity index (χ2n) is 7.66. The van der Waals surface area contributed by atoms with E-state index in [1.807, 2.05) is 13.8 Å². The van der Waals surface area contributed by atoms with Crippen LogP contribution < -0.4 is 14.4 Å². The number of benzene rings is 2. The van der Waals surface area contributed by atoms with E-state index in [9.17, 15) is 19.7 Å². The number of esters is 1. The zero-order chi connectivity index (χ0) is 24.5. The molecule has 1 saturated heterocycles. The number of carbonyl (C=O) groups is 2. The standard InChI is InChI=1S/C24H29N3O7/c1-3-15-33-21-10-5-18(16-22(21)32-4-2)24(29)34-17-23(28)26-13-11-25(12-14-26)19-6-8-20(9-7-19)27(30)31/h5-10,16H,3-4,11-15,17H2,1-2H3. The van der Waals surface area contributed by atoms with Crippen molar-refractivity contribution in [3.63, 3.8) is 0 Å². The molecule has 0 aliphatic carbocycles. The summed E-state index contributed by atoms with van der Waals surface area (Å²) in [5, 5.41) is 10.8. The van der Waals surface area contributed by atoms with Gasteiger partial charge in [0.2, 0.25) is 0 Å². The lowest BCUT2D eigenvalue weighted by molar-refractivity contribution is -0.384. The zero-order valence-electron chi connectivity index (χ0n) is 19.4. The molecule has 0 aromatic heterocycles. The van der Waals surface area contributed by atoms with E-state index in [2.05, 4.69) is 4.90 Å². The van der Waals surface area contributed by atoms with Crippen LogP contribution in [0.25, 0.3) is 0 Å². The van der Waals surface area contributed by atoms with Gasteiger partial charge in [-0.15, -0.1) is 0 Å². The van der Waals surface area contributed by atoms with Crippen LogP contribution in [0.3, 0.4) is 0 Å². The Bertz CT molecular complexity index is 1000. The Hall–Kier alpha value is -3.82. The molecular formula is C24H29N3O7. The van der Waals surface area contributed by atoms with Crippen LogP contribution in [-0.4, -0.2) is 67.7 Å². The van der Waals surface area contributed by atoms with Crippen molar-refractivity contribution in [3.8, 4) is 11.5 Å². The van der Waals surface area contributed by atoms with Gasteiger partial charge in [-0.2, -0.15) is 0 Å². The maximum absolute atomic E-state index is 12.5. The smallest absolute Gasteiger partial charge is 0.338 e. The predicted molar refractivity (Wildman–Crippen MR) is 126 cm³/mol. The van der Waals surface area contributed by atoms with Crippen LogP contribution in [0.15, 0.2) is 42.5 Å². The van der Waals surface area contributed by atoms with Crippen molar-refractivity contribution in [2.45, 2.75) is 20.3 Å². The van der Waals surface area contributed by atoms with E-state index < -0.39 is 10.9 Å². The first kappa shape index (κ1) is 24.8. The lowest BCUT2D eigenvalue weighted by atomic mass is 10.2. The number of carbonyl (C=O) groups excluding carboxylic acids is 2. The van der Waals surface area contributed by atoms with Crippen LogP contribution in [0.5, 0.6) is 11.5 Å². The molecule has 182 valence electrons. The summed E-state index contributed by atoms with van der Waals surface area (Å²) in [6.45, 7) is 6.53. The second-order valence-corrected chi connectivity index (χ2v) is 7.66. The third kappa shape index (κ3) is 6.37.